The van der Waals surface area contributed by atoms with Crippen LogP contribution in [0.3, 0.4) is 0 Å². The van der Waals surface area contributed by atoms with E-state index >= 15 is 0 Å². The highest BCUT2D eigenvalue weighted by atomic mass is 32.2. The molecule has 0 bridgehead atoms. The standard InChI is InChI=1S/C12H15F2NO3S/c13-9-1-2-11(10(14)7-9)19(17,18)15-8-12(3-4-12)5-6-16/h1-2,7,15-16H,3-6,8H2. The van der Waals surface area contributed by atoms with Crippen molar-refractivity contribution in [2.45, 2.75) is 24.2 Å². The highest BCUT2D eigenvalue weighted by molar-refractivity contribution is 7.89. The molecule has 1 aromatic rings. The number of rotatable bonds is 6. The molecule has 0 spiro atoms. The van der Waals surface area contributed by atoms with Gasteiger partial charge in [0.25, 0.3) is 0 Å². The monoisotopic (exact) mass is 291 g/mol. The maximum atomic E-state index is 13.4. The molecule has 0 heterocycles. The van der Waals surface area contributed by atoms with E-state index in [0.29, 0.717) is 12.5 Å². The zero-order chi connectivity index (χ0) is 14.1. The number of hydrogen-bond donors (Lipinski definition) is 2. The molecule has 1 saturated carbocycles. The minimum atomic E-state index is -3.99. The highest BCUT2D eigenvalue weighted by Gasteiger charge is 2.42. The molecule has 7 heteroatoms. The fourth-order valence-corrected chi connectivity index (χ4v) is 3.16. The van der Waals surface area contributed by atoms with Gasteiger partial charge in [-0.15, -0.1) is 0 Å². The highest BCUT2D eigenvalue weighted by Crippen LogP contribution is 2.48. The summed E-state index contributed by atoms with van der Waals surface area (Å²) in [4.78, 5) is -0.561. The van der Waals surface area contributed by atoms with Crippen molar-refractivity contribution < 1.29 is 22.3 Å². The fourth-order valence-electron chi connectivity index (χ4n) is 1.95. The Bertz CT molecular complexity index is 570. The third-order valence-corrected chi connectivity index (χ3v) is 4.85. The van der Waals surface area contributed by atoms with Crippen LogP contribution >= 0.6 is 0 Å². The normalized spacial score (nSPS) is 17.4. The number of nitrogens with one attached hydrogen (secondary N) is 1. The summed E-state index contributed by atoms with van der Waals surface area (Å²) in [5.74, 6) is -1.94. The molecule has 0 unspecified atom stereocenters. The Kier molecular flexibility index (Phi) is 3.89. The number of benzene rings is 1. The van der Waals surface area contributed by atoms with Crippen LogP contribution in [0.5, 0.6) is 0 Å². The summed E-state index contributed by atoms with van der Waals surface area (Å²) in [5, 5.41) is 8.88. The number of hydrogen-bond acceptors (Lipinski definition) is 3. The molecule has 0 aliphatic heterocycles. The Hall–Kier alpha value is -1.05. The smallest absolute Gasteiger partial charge is 0.243 e. The Morgan fingerprint density at radius 1 is 1.32 bits per heavy atom. The van der Waals surface area contributed by atoms with Gasteiger partial charge in [-0.05, 0) is 36.8 Å². The van der Waals surface area contributed by atoms with Crippen LogP contribution in [-0.4, -0.2) is 26.7 Å². The van der Waals surface area contributed by atoms with Crippen molar-refractivity contribution in [2.75, 3.05) is 13.2 Å². The van der Waals surface area contributed by atoms with E-state index in [9.17, 15) is 17.2 Å². The second-order valence-electron chi connectivity index (χ2n) is 4.87. The van der Waals surface area contributed by atoms with Crippen LogP contribution in [0.4, 0.5) is 8.78 Å². The molecule has 0 radical (unpaired) electrons. The molecule has 0 saturated heterocycles. The predicted molar refractivity (Wildman–Crippen MR) is 64.9 cm³/mol. The van der Waals surface area contributed by atoms with Crippen molar-refractivity contribution in [3.05, 3.63) is 29.8 Å². The number of sulfonamides is 1. The summed E-state index contributed by atoms with van der Waals surface area (Å²) in [6.07, 6.45) is 2.19. The molecule has 0 amide bonds. The SMILES string of the molecule is O=S(=O)(NCC1(CCO)CC1)c1ccc(F)cc1F. The molecule has 0 atom stereocenters. The Labute approximate surface area is 110 Å². The van der Waals surface area contributed by atoms with Crippen molar-refractivity contribution in [3.63, 3.8) is 0 Å². The maximum Gasteiger partial charge on any atom is 0.243 e. The third-order valence-electron chi connectivity index (χ3n) is 3.42. The molecule has 1 aliphatic rings. The molecule has 106 valence electrons. The number of aliphatic hydroxyl groups is 1. The Morgan fingerprint density at radius 3 is 2.53 bits per heavy atom. The van der Waals surface area contributed by atoms with Gasteiger partial charge < -0.3 is 5.11 Å². The lowest BCUT2D eigenvalue weighted by Crippen LogP contribution is -2.31. The van der Waals surface area contributed by atoms with Crippen LogP contribution in [0.2, 0.25) is 0 Å². The largest absolute Gasteiger partial charge is 0.396 e. The number of halogens is 2. The van der Waals surface area contributed by atoms with Crippen molar-refractivity contribution in [2.24, 2.45) is 5.41 Å². The lowest BCUT2D eigenvalue weighted by Gasteiger charge is -2.15. The quantitative estimate of drug-likeness (QED) is 0.832. The van der Waals surface area contributed by atoms with E-state index in [1.807, 2.05) is 0 Å². The first-order valence-corrected chi connectivity index (χ1v) is 7.42. The minimum Gasteiger partial charge on any atom is -0.396 e. The van der Waals surface area contributed by atoms with E-state index in [0.717, 1.165) is 25.0 Å². The van der Waals surface area contributed by atoms with Crippen molar-refractivity contribution >= 4 is 10.0 Å². The molecule has 1 fully saturated rings. The Morgan fingerprint density at radius 2 is 2.00 bits per heavy atom. The van der Waals surface area contributed by atoms with Gasteiger partial charge in [0.05, 0.1) is 0 Å². The average molecular weight is 291 g/mol. The van der Waals surface area contributed by atoms with Crippen molar-refractivity contribution in [1.82, 2.24) is 4.72 Å². The molecular weight excluding hydrogens is 276 g/mol. The summed E-state index contributed by atoms with van der Waals surface area (Å²) < 4.78 is 52.3. The maximum absolute atomic E-state index is 13.4. The van der Waals surface area contributed by atoms with Gasteiger partial charge in [0.1, 0.15) is 16.5 Å². The van der Waals surface area contributed by atoms with Crippen LogP contribution in [0.1, 0.15) is 19.3 Å². The van der Waals surface area contributed by atoms with Crippen molar-refractivity contribution in [3.8, 4) is 0 Å². The zero-order valence-electron chi connectivity index (χ0n) is 10.2. The zero-order valence-corrected chi connectivity index (χ0v) is 11.0. The molecule has 2 N–H and O–H groups in total. The first-order valence-electron chi connectivity index (χ1n) is 5.94. The van der Waals surface area contributed by atoms with Gasteiger partial charge in [-0.3, -0.25) is 0 Å². The van der Waals surface area contributed by atoms with E-state index in [-0.39, 0.29) is 18.6 Å². The van der Waals surface area contributed by atoms with Gasteiger partial charge in [-0.25, -0.2) is 21.9 Å². The second-order valence-corrected chi connectivity index (χ2v) is 6.61. The summed E-state index contributed by atoms with van der Waals surface area (Å²) in [7, 11) is -3.99. The van der Waals surface area contributed by atoms with Gasteiger partial charge in [-0.2, -0.15) is 0 Å². The lowest BCUT2D eigenvalue weighted by molar-refractivity contribution is 0.249. The van der Waals surface area contributed by atoms with Crippen LogP contribution in [-0.2, 0) is 10.0 Å². The average Bonchev–Trinajstić information content (AvgIpc) is 3.07. The van der Waals surface area contributed by atoms with E-state index in [2.05, 4.69) is 4.72 Å². The van der Waals surface area contributed by atoms with Crippen LogP contribution in [0, 0.1) is 17.0 Å². The molecule has 0 aromatic heterocycles. The van der Waals surface area contributed by atoms with Gasteiger partial charge in [-0.1, -0.05) is 0 Å². The molecule has 2 rings (SSSR count). The lowest BCUT2D eigenvalue weighted by atomic mass is 10.0. The van der Waals surface area contributed by atoms with E-state index in [1.54, 1.807) is 0 Å². The first-order chi connectivity index (χ1) is 8.88. The molecule has 19 heavy (non-hydrogen) atoms. The molecule has 1 aliphatic carbocycles. The van der Waals surface area contributed by atoms with Gasteiger partial charge in [0.2, 0.25) is 10.0 Å². The van der Waals surface area contributed by atoms with E-state index in [4.69, 9.17) is 5.11 Å². The molecule has 4 nitrogen and oxygen atoms in total. The molecular formula is C12H15F2NO3S. The second kappa shape index (κ2) is 5.15. The van der Waals surface area contributed by atoms with E-state index < -0.39 is 26.6 Å². The predicted octanol–water partition coefficient (Wildman–Crippen LogP) is 1.41. The van der Waals surface area contributed by atoms with Crippen molar-refractivity contribution in [1.29, 1.82) is 0 Å². The minimum absolute atomic E-state index is 0.00730. The summed E-state index contributed by atoms with van der Waals surface area (Å²) in [5.41, 5.74) is -0.210. The Balaban J connectivity index is 2.10. The van der Waals surface area contributed by atoms with E-state index in [1.165, 1.54) is 0 Å². The van der Waals surface area contributed by atoms with Crippen LogP contribution in [0.15, 0.2) is 23.1 Å². The third kappa shape index (κ3) is 3.29. The molecule has 1 aromatic carbocycles. The summed E-state index contributed by atoms with van der Waals surface area (Å²) in [6, 6.07) is 2.34. The van der Waals surface area contributed by atoms with Gasteiger partial charge in [0, 0.05) is 19.2 Å². The van der Waals surface area contributed by atoms with Crippen LogP contribution in [0.25, 0.3) is 0 Å². The summed E-state index contributed by atoms with van der Waals surface area (Å²) in [6.45, 7) is 0.152. The topological polar surface area (TPSA) is 66.4 Å². The van der Waals surface area contributed by atoms with Gasteiger partial charge in [0.15, 0.2) is 0 Å². The first kappa shape index (κ1) is 14.4. The van der Waals surface area contributed by atoms with Crippen LogP contribution < -0.4 is 4.72 Å². The van der Waals surface area contributed by atoms with Gasteiger partial charge >= 0.3 is 0 Å². The summed E-state index contributed by atoms with van der Waals surface area (Å²) >= 11 is 0. The fraction of sp³-hybridized carbons (Fsp3) is 0.500. The number of aliphatic hydroxyl groups excluding tert-OH is 1.